The van der Waals surface area contributed by atoms with E-state index in [0.717, 1.165) is 11.0 Å². The first kappa shape index (κ1) is 16.0. The number of pyridine rings is 1. The SMILES string of the molecule is CC(C)(C)OC(=O)c1ccc(F)cc1Oc1c[nH+]c2[nH]ccc2c1. The summed E-state index contributed by atoms with van der Waals surface area (Å²) in [5.41, 5.74) is 0.357. The molecule has 3 rings (SSSR count). The van der Waals surface area contributed by atoms with Gasteiger partial charge in [-0.3, -0.25) is 0 Å². The Balaban J connectivity index is 1.94. The zero-order valence-corrected chi connectivity index (χ0v) is 13.6. The van der Waals surface area contributed by atoms with Crippen LogP contribution in [0.5, 0.6) is 11.5 Å². The summed E-state index contributed by atoms with van der Waals surface area (Å²) in [6.07, 6.45) is 3.42. The Kier molecular flexibility index (Phi) is 3.97. The summed E-state index contributed by atoms with van der Waals surface area (Å²) in [4.78, 5) is 18.4. The first-order valence-electron chi connectivity index (χ1n) is 7.51. The smallest absolute Gasteiger partial charge is 0.342 e. The Morgan fingerprint density at radius 2 is 2.00 bits per heavy atom. The molecule has 0 amide bonds. The van der Waals surface area contributed by atoms with E-state index in [1.165, 1.54) is 18.2 Å². The van der Waals surface area contributed by atoms with Crippen molar-refractivity contribution in [3.05, 3.63) is 54.1 Å². The van der Waals surface area contributed by atoms with Crippen LogP contribution in [-0.4, -0.2) is 16.6 Å². The van der Waals surface area contributed by atoms with E-state index in [1.54, 1.807) is 39.2 Å². The minimum atomic E-state index is -0.652. The standard InChI is InChI=1S/C18H17FN2O3/c1-18(2,3)24-17(22)14-5-4-12(19)9-15(14)23-13-8-11-6-7-20-16(11)21-10-13/h4-10H,1-3H3,(H,20,21)/p+1. The number of halogens is 1. The lowest BCUT2D eigenvalue weighted by molar-refractivity contribution is -0.348. The zero-order valence-electron chi connectivity index (χ0n) is 13.6. The van der Waals surface area contributed by atoms with Crippen LogP contribution in [0.3, 0.4) is 0 Å². The van der Waals surface area contributed by atoms with E-state index in [-0.39, 0.29) is 11.3 Å². The van der Waals surface area contributed by atoms with Crippen molar-refractivity contribution in [2.45, 2.75) is 26.4 Å². The molecule has 0 atom stereocenters. The lowest BCUT2D eigenvalue weighted by Gasteiger charge is -2.20. The second-order valence-corrected chi connectivity index (χ2v) is 6.39. The van der Waals surface area contributed by atoms with E-state index < -0.39 is 17.4 Å². The summed E-state index contributed by atoms with van der Waals surface area (Å²) in [6.45, 7) is 5.30. The van der Waals surface area contributed by atoms with E-state index in [2.05, 4.69) is 9.97 Å². The van der Waals surface area contributed by atoms with Crippen molar-refractivity contribution in [1.29, 1.82) is 0 Å². The number of hydrogen-bond acceptors (Lipinski definition) is 3. The van der Waals surface area contributed by atoms with Crippen molar-refractivity contribution in [2.24, 2.45) is 0 Å². The molecule has 0 aliphatic rings. The molecule has 2 aromatic heterocycles. The van der Waals surface area contributed by atoms with E-state index >= 15 is 0 Å². The number of ether oxygens (including phenoxy) is 2. The third kappa shape index (κ3) is 3.53. The lowest BCUT2D eigenvalue weighted by Crippen LogP contribution is -2.24. The third-order valence-corrected chi connectivity index (χ3v) is 3.23. The molecule has 24 heavy (non-hydrogen) atoms. The molecule has 6 heteroatoms. The number of hydrogen-bond donors (Lipinski definition) is 1. The van der Waals surface area contributed by atoms with Crippen LogP contribution >= 0.6 is 0 Å². The zero-order chi connectivity index (χ0) is 17.3. The van der Waals surface area contributed by atoms with Gasteiger partial charge in [0.05, 0.1) is 11.6 Å². The first-order valence-corrected chi connectivity index (χ1v) is 7.51. The fourth-order valence-corrected chi connectivity index (χ4v) is 2.23. The van der Waals surface area contributed by atoms with Crippen LogP contribution in [0.4, 0.5) is 4.39 Å². The lowest BCUT2D eigenvalue weighted by atomic mass is 10.1. The van der Waals surface area contributed by atoms with Gasteiger partial charge in [-0.2, -0.15) is 0 Å². The van der Waals surface area contributed by atoms with Crippen molar-refractivity contribution in [3.8, 4) is 11.5 Å². The summed E-state index contributed by atoms with van der Waals surface area (Å²) in [5.74, 6) is -0.502. The molecule has 3 aromatic rings. The molecular weight excluding hydrogens is 311 g/mol. The van der Waals surface area contributed by atoms with Crippen LogP contribution in [0, 0.1) is 5.82 Å². The van der Waals surface area contributed by atoms with Gasteiger partial charge in [-0.25, -0.2) is 19.2 Å². The van der Waals surface area contributed by atoms with Crippen LogP contribution in [0.2, 0.25) is 0 Å². The fourth-order valence-electron chi connectivity index (χ4n) is 2.23. The Hall–Kier alpha value is -2.89. The summed E-state index contributed by atoms with van der Waals surface area (Å²) in [5, 5.41) is 0.905. The molecule has 2 N–H and O–H groups in total. The Morgan fingerprint density at radius 3 is 2.75 bits per heavy atom. The van der Waals surface area contributed by atoms with Gasteiger partial charge in [0.2, 0.25) is 0 Å². The van der Waals surface area contributed by atoms with Gasteiger partial charge in [-0.05, 0) is 39.0 Å². The van der Waals surface area contributed by atoms with Gasteiger partial charge in [0.15, 0.2) is 5.75 Å². The molecule has 0 aliphatic heterocycles. The molecule has 5 nitrogen and oxygen atoms in total. The first-order chi connectivity index (χ1) is 11.3. The second kappa shape index (κ2) is 5.96. The molecule has 0 saturated carbocycles. The number of fused-ring (bicyclic) bond motifs is 1. The van der Waals surface area contributed by atoms with Gasteiger partial charge in [0.1, 0.15) is 28.9 Å². The predicted octanol–water partition coefficient (Wildman–Crippen LogP) is 3.87. The highest BCUT2D eigenvalue weighted by Crippen LogP contribution is 2.28. The molecule has 1 aromatic carbocycles. The van der Waals surface area contributed by atoms with Crippen LogP contribution in [-0.2, 0) is 4.74 Å². The predicted molar refractivity (Wildman–Crippen MR) is 86.5 cm³/mol. The van der Waals surface area contributed by atoms with Crippen LogP contribution < -0.4 is 9.72 Å². The van der Waals surface area contributed by atoms with Crippen molar-refractivity contribution in [2.75, 3.05) is 0 Å². The van der Waals surface area contributed by atoms with Crippen LogP contribution in [0.15, 0.2) is 42.7 Å². The maximum absolute atomic E-state index is 13.6. The summed E-state index contributed by atoms with van der Waals surface area (Å²) in [6, 6.07) is 7.39. The third-order valence-electron chi connectivity index (χ3n) is 3.23. The van der Waals surface area contributed by atoms with E-state index in [4.69, 9.17) is 9.47 Å². The van der Waals surface area contributed by atoms with Crippen molar-refractivity contribution in [3.63, 3.8) is 0 Å². The summed E-state index contributed by atoms with van der Waals surface area (Å²) >= 11 is 0. The molecule has 0 saturated heterocycles. The maximum Gasteiger partial charge on any atom is 0.342 e. The normalized spacial score (nSPS) is 11.5. The summed E-state index contributed by atoms with van der Waals surface area (Å²) < 4.78 is 24.7. The minimum Gasteiger partial charge on any atom is -0.456 e. The molecule has 0 bridgehead atoms. The van der Waals surface area contributed by atoms with Gasteiger partial charge in [-0.1, -0.05) is 0 Å². The van der Waals surface area contributed by atoms with Gasteiger partial charge in [-0.15, -0.1) is 0 Å². The highest BCUT2D eigenvalue weighted by Gasteiger charge is 2.22. The topological polar surface area (TPSA) is 65.5 Å². The molecule has 0 unspecified atom stereocenters. The Morgan fingerprint density at radius 1 is 1.21 bits per heavy atom. The van der Waals surface area contributed by atoms with Gasteiger partial charge >= 0.3 is 5.97 Å². The number of benzene rings is 1. The number of carbonyl (C=O) groups excluding carboxylic acids is 1. The molecule has 124 valence electrons. The summed E-state index contributed by atoms with van der Waals surface area (Å²) in [7, 11) is 0. The van der Waals surface area contributed by atoms with E-state index in [9.17, 15) is 9.18 Å². The monoisotopic (exact) mass is 329 g/mol. The van der Waals surface area contributed by atoms with Gasteiger partial charge in [0.25, 0.3) is 5.65 Å². The molecule has 0 fully saturated rings. The largest absolute Gasteiger partial charge is 0.456 e. The van der Waals surface area contributed by atoms with Crippen LogP contribution in [0.1, 0.15) is 31.1 Å². The number of esters is 1. The quantitative estimate of drug-likeness (QED) is 0.742. The number of nitrogens with one attached hydrogen (secondary N) is 2. The number of rotatable bonds is 3. The number of H-pyrrole nitrogens is 2. The highest BCUT2D eigenvalue weighted by molar-refractivity contribution is 5.93. The van der Waals surface area contributed by atoms with Crippen molar-refractivity contribution in [1.82, 2.24) is 4.98 Å². The number of aromatic amines is 2. The van der Waals surface area contributed by atoms with Crippen molar-refractivity contribution < 1.29 is 23.6 Å². The Labute approximate surface area is 138 Å². The molecule has 0 spiro atoms. The van der Waals surface area contributed by atoms with E-state index in [1.807, 2.05) is 6.07 Å². The van der Waals surface area contributed by atoms with Crippen molar-refractivity contribution >= 4 is 17.0 Å². The second-order valence-electron chi connectivity index (χ2n) is 6.39. The number of carbonyl (C=O) groups is 1. The molecule has 0 radical (unpaired) electrons. The highest BCUT2D eigenvalue weighted by atomic mass is 19.1. The molecular formula is C18H18FN2O3+. The van der Waals surface area contributed by atoms with Gasteiger partial charge < -0.3 is 9.47 Å². The molecule has 0 aliphatic carbocycles. The Bertz CT molecular complexity index is 897. The van der Waals surface area contributed by atoms with Gasteiger partial charge in [0, 0.05) is 12.1 Å². The van der Waals surface area contributed by atoms with E-state index in [0.29, 0.717) is 5.75 Å². The fraction of sp³-hybridized carbons (Fsp3) is 0.222. The maximum atomic E-state index is 13.6. The average molecular weight is 329 g/mol. The average Bonchev–Trinajstić information content (AvgIpc) is 2.93. The minimum absolute atomic E-state index is 0.104. The van der Waals surface area contributed by atoms with Crippen LogP contribution in [0.25, 0.3) is 11.0 Å². The molecule has 2 heterocycles. The number of aromatic nitrogens is 2.